The highest BCUT2D eigenvalue weighted by Gasteiger charge is 2.16. The van der Waals surface area contributed by atoms with Crippen LogP contribution in [0.3, 0.4) is 0 Å². The van der Waals surface area contributed by atoms with Crippen molar-refractivity contribution in [2.75, 3.05) is 24.2 Å². The maximum Gasteiger partial charge on any atom is 0.239 e. The summed E-state index contributed by atoms with van der Waals surface area (Å²) >= 11 is 0. The average molecular weight is 267 g/mol. The average Bonchev–Trinajstić information content (AvgIpc) is 2.28. The van der Waals surface area contributed by atoms with Crippen molar-refractivity contribution >= 4 is 11.5 Å². The molecule has 0 amide bonds. The van der Waals surface area contributed by atoms with Crippen LogP contribution in [0.15, 0.2) is 12.1 Å². The molecule has 1 rings (SSSR count). The predicted molar refractivity (Wildman–Crippen MR) is 78.4 cm³/mol. The van der Waals surface area contributed by atoms with Gasteiger partial charge >= 0.3 is 0 Å². The third-order valence-electron chi connectivity index (χ3n) is 2.54. The molecule has 1 aromatic rings. The number of nitrogens with two attached hydrogens (primary N) is 1. The molecular weight excluding hydrogens is 242 g/mol. The molecule has 0 aliphatic rings. The second-order valence-corrected chi connectivity index (χ2v) is 5.82. The first-order valence-electron chi connectivity index (χ1n) is 6.63. The summed E-state index contributed by atoms with van der Waals surface area (Å²) in [6, 6.07) is 3.53. The molecule has 0 bridgehead atoms. The second kappa shape index (κ2) is 6.61. The molecule has 5 heteroatoms. The first-order chi connectivity index (χ1) is 8.81. The van der Waals surface area contributed by atoms with Gasteiger partial charge in [0.25, 0.3) is 0 Å². The van der Waals surface area contributed by atoms with E-state index in [0.717, 1.165) is 6.42 Å². The minimum absolute atomic E-state index is 0.103. The summed E-state index contributed by atoms with van der Waals surface area (Å²) < 4.78 is 5.33. The van der Waals surface area contributed by atoms with Gasteiger partial charge in [0.1, 0.15) is 5.82 Å². The molecule has 0 aliphatic heterocycles. The normalized spacial score (nSPS) is 13.1. The van der Waals surface area contributed by atoms with Crippen molar-refractivity contribution in [3.05, 3.63) is 12.1 Å². The maximum absolute atomic E-state index is 9.93. The molecule has 19 heavy (non-hydrogen) atoms. The number of aliphatic hydroxyl groups is 1. The van der Waals surface area contributed by atoms with E-state index in [0.29, 0.717) is 30.5 Å². The number of hydrogen-bond donors (Lipinski definition) is 3. The number of nitrogen functional groups attached to an aromatic ring is 1. The summed E-state index contributed by atoms with van der Waals surface area (Å²) in [7, 11) is 0. The Morgan fingerprint density at radius 1 is 1.42 bits per heavy atom. The number of aliphatic hydroxyl groups excluding tert-OH is 1. The molecule has 1 aromatic heterocycles. The molecule has 0 radical (unpaired) electrons. The van der Waals surface area contributed by atoms with Gasteiger partial charge in [0.05, 0.1) is 18.4 Å². The van der Waals surface area contributed by atoms with E-state index in [9.17, 15) is 5.11 Å². The number of hydrogen-bond acceptors (Lipinski definition) is 5. The minimum atomic E-state index is -0.408. The Labute approximate surface area is 115 Å². The third kappa shape index (κ3) is 5.79. The number of ether oxygens (including phenoxy) is 1. The fourth-order valence-corrected chi connectivity index (χ4v) is 1.80. The van der Waals surface area contributed by atoms with Crippen molar-refractivity contribution < 1.29 is 9.84 Å². The lowest BCUT2D eigenvalue weighted by Crippen LogP contribution is -2.25. The van der Waals surface area contributed by atoms with Crippen LogP contribution in [-0.4, -0.2) is 29.3 Å². The van der Waals surface area contributed by atoms with Gasteiger partial charge in [-0.3, -0.25) is 0 Å². The summed E-state index contributed by atoms with van der Waals surface area (Å²) in [4.78, 5) is 4.26. The van der Waals surface area contributed by atoms with Crippen molar-refractivity contribution in [2.24, 2.45) is 5.41 Å². The van der Waals surface area contributed by atoms with Crippen LogP contribution in [0.4, 0.5) is 11.5 Å². The van der Waals surface area contributed by atoms with Crippen LogP contribution in [0, 0.1) is 5.41 Å². The summed E-state index contributed by atoms with van der Waals surface area (Å²) in [6.07, 6.45) is 0.322. The monoisotopic (exact) mass is 267 g/mol. The molecule has 1 heterocycles. The second-order valence-electron chi connectivity index (χ2n) is 5.82. The van der Waals surface area contributed by atoms with Crippen molar-refractivity contribution in [1.29, 1.82) is 0 Å². The lowest BCUT2D eigenvalue weighted by molar-refractivity contribution is 0.132. The molecule has 0 aliphatic carbocycles. The van der Waals surface area contributed by atoms with Crippen LogP contribution in [0.2, 0.25) is 0 Å². The molecule has 5 nitrogen and oxygen atoms in total. The van der Waals surface area contributed by atoms with Gasteiger partial charge in [-0.25, -0.2) is 0 Å². The Bertz CT molecular complexity index is 402. The molecule has 0 aromatic carbocycles. The highest BCUT2D eigenvalue weighted by Crippen LogP contribution is 2.22. The van der Waals surface area contributed by atoms with Crippen LogP contribution in [0.25, 0.3) is 0 Å². The zero-order valence-electron chi connectivity index (χ0n) is 12.2. The highest BCUT2D eigenvalue weighted by molar-refractivity contribution is 5.53. The largest absolute Gasteiger partial charge is 0.476 e. The molecule has 0 saturated carbocycles. The van der Waals surface area contributed by atoms with Gasteiger partial charge in [0.15, 0.2) is 0 Å². The number of anilines is 2. The van der Waals surface area contributed by atoms with Crippen LogP contribution in [0.1, 0.15) is 34.1 Å². The predicted octanol–water partition coefficient (Wildman–Crippen LogP) is 2.27. The summed E-state index contributed by atoms with van der Waals surface area (Å²) in [5.74, 6) is 1.09. The third-order valence-corrected chi connectivity index (χ3v) is 2.54. The standard InChI is InChI=1S/C14H25N3O2/c1-5-19-13-11(15)6-7-12(17-13)16-9-10(18)8-14(2,3)4/h6-7,10,18H,5,8-9,15H2,1-4H3,(H,16,17). The van der Waals surface area contributed by atoms with Gasteiger partial charge in [0, 0.05) is 6.54 Å². The van der Waals surface area contributed by atoms with Gasteiger partial charge < -0.3 is 20.9 Å². The summed E-state index contributed by atoms with van der Waals surface area (Å²) in [5, 5.41) is 13.0. The van der Waals surface area contributed by atoms with E-state index in [1.54, 1.807) is 12.1 Å². The topological polar surface area (TPSA) is 80.4 Å². The number of nitrogens with zero attached hydrogens (tertiary/aromatic N) is 1. The Morgan fingerprint density at radius 3 is 2.68 bits per heavy atom. The lowest BCUT2D eigenvalue weighted by atomic mass is 9.89. The smallest absolute Gasteiger partial charge is 0.239 e. The van der Waals surface area contributed by atoms with Crippen molar-refractivity contribution in [3.8, 4) is 5.88 Å². The number of rotatable bonds is 6. The van der Waals surface area contributed by atoms with Crippen LogP contribution < -0.4 is 15.8 Å². The molecule has 0 saturated heterocycles. The number of pyridine rings is 1. The van der Waals surface area contributed by atoms with Crippen molar-refractivity contribution in [3.63, 3.8) is 0 Å². The first-order valence-corrected chi connectivity index (χ1v) is 6.63. The quantitative estimate of drug-likeness (QED) is 0.736. The molecular formula is C14H25N3O2. The van der Waals surface area contributed by atoms with Gasteiger partial charge in [0.2, 0.25) is 5.88 Å². The van der Waals surface area contributed by atoms with E-state index < -0.39 is 6.10 Å². The van der Waals surface area contributed by atoms with E-state index in [1.165, 1.54) is 0 Å². The molecule has 0 fully saturated rings. The minimum Gasteiger partial charge on any atom is -0.476 e. The van der Waals surface area contributed by atoms with E-state index in [4.69, 9.17) is 10.5 Å². The zero-order valence-corrected chi connectivity index (χ0v) is 12.2. The van der Waals surface area contributed by atoms with Crippen LogP contribution in [-0.2, 0) is 0 Å². The number of nitrogens with one attached hydrogen (secondary N) is 1. The van der Waals surface area contributed by atoms with E-state index in [2.05, 4.69) is 31.1 Å². The fraction of sp³-hybridized carbons (Fsp3) is 0.643. The maximum atomic E-state index is 9.93. The van der Waals surface area contributed by atoms with Gasteiger partial charge in [-0.15, -0.1) is 0 Å². The van der Waals surface area contributed by atoms with Crippen LogP contribution in [0.5, 0.6) is 5.88 Å². The van der Waals surface area contributed by atoms with Gasteiger partial charge in [-0.05, 0) is 30.9 Å². The zero-order chi connectivity index (χ0) is 14.5. The molecule has 1 unspecified atom stereocenters. The van der Waals surface area contributed by atoms with Crippen LogP contribution >= 0.6 is 0 Å². The van der Waals surface area contributed by atoms with E-state index in [-0.39, 0.29) is 5.41 Å². The first kappa shape index (κ1) is 15.6. The van der Waals surface area contributed by atoms with Gasteiger partial charge in [-0.1, -0.05) is 20.8 Å². The Balaban J connectivity index is 2.56. The summed E-state index contributed by atoms with van der Waals surface area (Å²) in [5.41, 5.74) is 6.37. The fourth-order valence-electron chi connectivity index (χ4n) is 1.80. The molecule has 108 valence electrons. The molecule has 4 N–H and O–H groups in total. The van der Waals surface area contributed by atoms with E-state index in [1.807, 2.05) is 6.92 Å². The lowest BCUT2D eigenvalue weighted by Gasteiger charge is -2.22. The Hall–Kier alpha value is -1.49. The van der Waals surface area contributed by atoms with Gasteiger partial charge in [-0.2, -0.15) is 4.98 Å². The SMILES string of the molecule is CCOc1nc(NCC(O)CC(C)(C)C)ccc1N. The summed E-state index contributed by atoms with van der Waals surface area (Å²) in [6.45, 7) is 9.17. The van der Waals surface area contributed by atoms with Crippen molar-refractivity contribution in [2.45, 2.75) is 40.2 Å². The Morgan fingerprint density at radius 2 is 2.11 bits per heavy atom. The molecule has 1 atom stereocenters. The van der Waals surface area contributed by atoms with E-state index >= 15 is 0 Å². The molecule has 0 spiro atoms. The number of aromatic nitrogens is 1. The Kier molecular flexibility index (Phi) is 5.42. The highest BCUT2D eigenvalue weighted by atomic mass is 16.5. The van der Waals surface area contributed by atoms with Crippen molar-refractivity contribution in [1.82, 2.24) is 4.98 Å².